The van der Waals surface area contributed by atoms with Crippen LogP contribution in [0.5, 0.6) is 34.5 Å². The van der Waals surface area contributed by atoms with E-state index in [0.717, 1.165) is 0 Å². The molecule has 0 unspecified atom stereocenters. The molecule has 2 aromatic carbocycles. The SMILES string of the molecule is COc1ccnc(C[S@](=O)c2nc3cc(OC(F)F)ccc3[n-]2)c1OC.COc1ccnc(C[S@](=O)c2nc3cc(OC(F)F)ccc3[n-]2)c1OC.[Ca+2]. The van der Waals surface area contributed by atoms with E-state index in [1.165, 1.54) is 77.2 Å². The molecule has 276 valence electrons. The molecule has 0 aliphatic heterocycles. The summed E-state index contributed by atoms with van der Waals surface area (Å²) >= 11 is 0. The van der Waals surface area contributed by atoms with Gasteiger partial charge in [0.2, 0.25) is 0 Å². The van der Waals surface area contributed by atoms with Crippen LogP contribution in [-0.2, 0) is 33.1 Å². The second-order valence-corrected chi connectivity index (χ2v) is 12.7. The summed E-state index contributed by atoms with van der Waals surface area (Å²) in [6.45, 7) is -5.87. The summed E-state index contributed by atoms with van der Waals surface area (Å²) in [6.07, 6.45) is 3.04. The summed E-state index contributed by atoms with van der Waals surface area (Å²) < 4.78 is 104. The van der Waals surface area contributed by atoms with Gasteiger partial charge in [0, 0.05) is 34.8 Å². The molecule has 0 saturated heterocycles. The van der Waals surface area contributed by atoms with Crippen molar-refractivity contribution in [3.63, 3.8) is 0 Å². The smallest absolute Gasteiger partial charge is 0.493 e. The van der Waals surface area contributed by atoms with Gasteiger partial charge in [0.25, 0.3) is 0 Å². The summed E-state index contributed by atoms with van der Waals surface area (Å²) in [5.41, 5.74) is 2.36. The van der Waals surface area contributed by atoms with Gasteiger partial charge in [0.1, 0.15) is 11.5 Å². The van der Waals surface area contributed by atoms with E-state index in [9.17, 15) is 26.0 Å². The number of ether oxygens (including phenoxy) is 6. The topological polar surface area (TPSA) is 169 Å². The summed E-state index contributed by atoms with van der Waals surface area (Å²) in [5.74, 6) is 1.64. The molecule has 4 heterocycles. The summed E-state index contributed by atoms with van der Waals surface area (Å²) in [5, 5.41) is 0.140. The average molecular weight is 805 g/mol. The van der Waals surface area contributed by atoms with Crippen LogP contribution in [0, 0.1) is 0 Å². The minimum atomic E-state index is -2.93. The normalized spacial score (nSPS) is 12.1. The van der Waals surface area contributed by atoms with Crippen molar-refractivity contribution in [2.45, 2.75) is 35.0 Å². The Morgan fingerprint density at radius 1 is 0.623 bits per heavy atom. The van der Waals surface area contributed by atoms with Crippen molar-refractivity contribution in [1.29, 1.82) is 0 Å². The minimum absolute atomic E-state index is 0. The van der Waals surface area contributed by atoms with E-state index in [1.54, 1.807) is 12.1 Å². The van der Waals surface area contributed by atoms with Gasteiger partial charge in [-0.05, 0) is 46.3 Å². The van der Waals surface area contributed by atoms with E-state index in [-0.39, 0.29) is 71.1 Å². The van der Waals surface area contributed by atoms with Crippen LogP contribution in [0.4, 0.5) is 17.6 Å². The van der Waals surface area contributed by atoms with Gasteiger partial charge in [0.05, 0.1) is 72.9 Å². The van der Waals surface area contributed by atoms with Gasteiger partial charge in [-0.3, -0.25) is 18.4 Å². The monoisotopic (exact) mass is 804 g/mol. The fourth-order valence-electron chi connectivity index (χ4n) is 4.68. The largest absolute Gasteiger partial charge is 2.00 e. The Bertz CT molecular complexity index is 2060. The van der Waals surface area contributed by atoms with Gasteiger partial charge in [-0.2, -0.15) is 17.6 Å². The molecule has 0 aliphatic carbocycles. The Morgan fingerprint density at radius 3 is 1.36 bits per heavy atom. The van der Waals surface area contributed by atoms with E-state index in [1.807, 2.05) is 0 Å². The maximum absolute atomic E-state index is 12.6. The van der Waals surface area contributed by atoms with Crippen LogP contribution in [0.1, 0.15) is 11.4 Å². The van der Waals surface area contributed by atoms with E-state index >= 15 is 0 Å². The Labute approximate surface area is 333 Å². The van der Waals surface area contributed by atoms with Crippen molar-refractivity contribution >= 4 is 81.4 Å². The van der Waals surface area contributed by atoms with E-state index in [4.69, 9.17) is 18.9 Å². The third-order valence-electron chi connectivity index (χ3n) is 6.88. The van der Waals surface area contributed by atoms with Gasteiger partial charge < -0.3 is 48.4 Å². The number of pyridine rings is 2. The molecule has 53 heavy (non-hydrogen) atoms. The van der Waals surface area contributed by atoms with Gasteiger partial charge in [-0.25, -0.2) is 0 Å². The average Bonchev–Trinajstić information content (AvgIpc) is 3.75. The van der Waals surface area contributed by atoms with Crippen molar-refractivity contribution in [3.8, 4) is 34.5 Å². The molecule has 0 bridgehead atoms. The molecule has 0 spiro atoms. The number of imidazole rings is 2. The Morgan fingerprint density at radius 2 is 1.02 bits per heavy atom. The first-order valence-corrected chi connectivity index (χ1v) is 17.3. The predicted octanol–water partition coefficient (Wildman–Crippen LogP) is 4.65. The van der Waals surface area contributed by atoms with Crippen LogP contribution in [0.2, 0.25) is 0 Å². The third kappa shape index (κ3) is 10.5. The first-order valence-electron chi connectivity index (χ1n) is 14.7. The fourth-order valence-corrected chi connectivity index (χ4v) is 6.64. The number of hydrogen-bond acceptors (Lipinski definition) is 12. The molecule has 0 amide bonds. The zero-order chi connectivity index (χ0) is 37.4. The maximum atomic E-state index is 12.6. The number of hydrogen-bond donors (Lipinski definition) is 0. The molecule has 4 aromatic heterocycles. The van der Waals surface area contributed by atoms with Crippen molar-refractivity contribution in [2.24, 2.45) is 0 Å². The number of fused-ring (bicyclic) bond motifs is 2. The first kappa shape index (κ1) is 41.5. The number of methoxy groups -OCH3 is 4. The summed E-state index contributed by atoms with van der Waals surface area (Å²) in [4.78, 5) is 25.0. The maximum Gasteiger partial charge on any atom is 2.00 e. The number of alkyl halides is 4. The molecule has 6 aromatic rings. The quantitative estimate of drug-likeness (QED) is 0.110. The van der Waals surface area contributed by atoms with Crippen LogP contribution in [-0.4, -0.2) is 108 Å². The molecular formula is C32H28CaF4N6O8S2. The molecular weight excluding hydrogens is 777 g/mol. The second kappa shape index (κ2) is 19.2. The number of rotatable bonds is 14. The van der Waals surface area contributed by atoms with E-state index < -0.39 is 34.8 Å². The van der Waals surface area contributed by atoms with Gasteiger partial charge in [0.15, 0.2) is 23.0 Å². The van der Waals surface area contributed by atoms with Crippen LogP contribution in [0.15, 0.2) is 71.2 Å². The van der Waals surface area contributed by atoms with Gasteiger partial charge >= 0.3 is 51.0 Å². The third-order valence-corrected chi connectivity index (χ3v) is 9.13. The van der Waals surface area contributed by atoms with Crippen molar-refractivity contribution in [3.05, 3.63) is 72.3 Å². The number of aromatic nitrogens is 6. The molecule has 0 N–H and O–H groups in total. The minimum Gasteiger partial charge on any atom is -0.493 e. The van der Waals surface area contributed by atoms with Crippen molar-refractivity contribution < 1.29 is 54.4 Å². The zero-order valence-electron chi connectivity index (χ0n) is 28.3. The molecule has 0 radical (unpaired) electrons. The number of nitrogens with zero attached hydrogens (tertiary/aromatic N) is 6. The fraction of sp³-hybridized carbons (Fsp3) is 0.250. The molecule has 2 atom stereocenters. The standard InChI is InChI=1S/2C16H14F2N3O4S.Ca/c2*1-23-13-5-6-19-12(14(13)24-2)8-26(22)16-20-10-4-3-9(25-15(17)18)7-11(10)21-16;/h2*3-7,15H,8H2,1-2H3;/q2*-1;+2/t2*26-;/m00./s1. The predicted molar refractivity (Wildman–Crippen MR) is 184 cm³/mol. The number of halogens is 4. The zero-order valence-corrected chi connectivity index (χ0v) is 32.2. The summed E-state index contributed by atoms with van der Waals surface area (Å²) in [7, 11) is 2.67. The van der Waals surface area contributed by atoms with Crippen molar-refractivity contribution in [1.82, 2.24) is 29.9 Å². The number of benzene rings is 2. The summed E-state index contributed by atoms with van der Waals surface area (Å²) in [6, 6.07) is 11.5. The molecule has 14 nitrogen and oxygen atoms in total. The van der Waals surface area contributed by atoms with Crippen LogP contribution >= 0.6 is 0 Å². The van der Waals surface area contributed by atoms with Gasteiger partial charge in [-0.15, -0.1) is 0 Å². The molecule has 21 heteroatoms. The van der Waals surface area contributed by atoms with Gasteiger partial charge in [-0.1, -0.05) is 12.1 Å². The molecule has 0 saturated carbocycles. The Hall–Kier alpha value is -4.24. The van der Waals surface area contributed by atoms with Crippen LogP contribution < -0.4 is 38.4 Å². The van der Waals surface area contributed by atoms with Crippen LogP contribution in [0.25, 0.3) is 22.1 Å². The first-order chi connectivity index (χ1) is 25.0. The van der Waals surface area contributed by atoms with Crippen molar-refractivity contribution in [2.75, 3.05) is 28.4 Å². The molecule has 6 rings (SSSR count). The Balaban J connectivity index is 0.000000232. The molecule has 0 aliphatic rings. The van der Waals surface area contributed by atoms with E-state index in [0.29, 0.717) is 56.5 Å². The second-order valence-electron chi connectivity index (χ2n) is 10.0. The van der Waals surface area contributed by atoms with E-state index in [2.05, 4.69) is 39.4 Å². The molecule has 0 fully saturated rings. The van der Waals surface area contributed by atoms with Crippen LogP contribution in [0.3, 0.4) is 0 Å². The Kier molecular flexibility index (Phi) is 15.0.